The Balaban J connectivity index is 2.15. The summed E-state index contributed by atoms with van der Waals surface area (Å²) in [5, 5.41) is 8.45. The molecule has 0 bridgehead atoms. The maximum atomic E-state index is 12.1. The first-order chi connectivity index (χ1) is 8.99. The standard InChI is InChI=1S/C12H16N2O4S/c15-12(16)9-6-7-13-11(8-9)14-19(17,18)10-4-2-1-3-5-10/h6-8,10H,1-5H2,(H,13,14)(H,15,16). The molecule has 7 heteroatoms. The van der Waals surface area contributed by atoms with E-state index in [1.807, 2.05) is 0 Å². The molecule has 1 aliphatic carbocycles. The lowest BCUT2D eigenvalue weighted by Gasteiger charge is -2.22. The molecule has 2 rings (SSSR count). The van der Waals surface area contributed by atoms with Gasteiger partial charge in [-0.25, -0.2) is 18.2 Å². The number of hydrogen-bond donors (Lipinski definition) is 2. The molecule has 0 aliphatic heterocycles. The van der Waals surface area contributed by atoms with Gasteiger partial charge in [-0.1, -0.05) is 19.3 Å². The second-order valence-corrected chi connectivity index (χ2v) is 6.60. The summed E-state index contributed by atoms with van der Waals surface area (Å²) in [6.07, 6.45) is 5.46. The van der Waals surface area contributed by atoms with Crippen molar-refractivity contribution in [3.63, 3.8) is 0 Å². The second-order valence-electron chi connectivity index (χ2n) is 4.64. The fourth-order valence-electron chi connectivity index (χ4n) is 2.22. The molecule has 1 aromatic rings. The molecule has 0 spiro atoms. The predicted molar refractivity (Wildman–Crippen MR) is 70.6 cm³/mol. The van der Waals surface area contributed by atoms with E-state index in [-0.39, 0.29) is 11.4 Å². The van der Waals surface area contributed by atoms with E-state index in [4.69, 9.17) is 5.11 Å². The molecule has 1 heterocycles. The summed E-state index contributed by atoms with van der Waals surface area (Å²) in [5.74, 6) is -1.05. The maximum Gasteiger partial charge on any atom is 0.335 e. The summed E-state index contributed by atoms with van der Waals surface area (Å²) in [7, 11) is -3.48. The molecule has 0 atom stereocenters. The van der Waals surface area contributed by atoms with Crippen LogP contribution in [0.5, 0.6) is 0 Å². The minimum atomic E-state index is -3.48. The predicted octanol–water partition coefficient (Wildman–Crippen LogP) is 1.85. The summed E-state index contributed by atoms with van der Waals surface area (Å²) in [6, 6.07) is 2.55. The van der Waals surface area contributed by atoms with Crippen molar-refractivity contribution in [2.75, 3.05) is 4.72 Å². The van der Waals surface area contributed by atoms with Crippen LogP contribution in [0.25, 0.3) is 0 Å². The van der Waals surface area contributed by atoms with Crippen LogP contribution < -0.4 is 4.72 Å². The smallest absolute Gasteiger partial charge is 0.335 e. The third-order valence-electron chi connectivity index (χ3n) is 3.24. The summed E-state index contributed by atoms with van der Waals surface area (Å²) in [5.41, 5.74) is 0.0105. The Bertz CT molecular complexity index is 565. The molecule has 1 fully saturated rings. The van der Waals surface area contributed by atoms with Crippen molar-refractivity contribution >= 4 is 21.8 Å². The van der Waals surface area contributed by atoms with E-state index in [0.717, 1.165) is 19.3 Å². The van der Waals surface area contributed by atoms with E-state index in [9.17, 15) is 13.2 Å². The largest absolute Gasteiger partial charge is 0.478 e. The third kappa shape index (κ3) is 3.44. The highest BCUT2D eigenvalue weighted by molar-refractivity contribution is 7.93. The van der Waals surface area contributed by atoms with E-state index in [1.54, 1.807) is 0 Å². The highest BCUT2D eigenvalue weighted by Gasteiger charge is 2.27. The van der Waals surface area contributed by atoms with Crippen LogP contribution in [-0.2, 0) is 10.0 Å². The number of pyridine rings is 1. The molecule has 0 amide bonds. The van der Waals surface area contributed by atoms with Gasteiger partial charge >= 0.3 is 5.97 Å². The van der Waals surface area contributed by atoms with Gasteiger partial charge in [0.25, 0.3) is 0 Å². The number of aromatic carboxylic acids is 1. The number of aromatic nitrogens is 1. The van der Waals surface area contributed by atoms with Gasteiger partial charge in [0.15, 0.2) is 0 Å². The fourth-order valence-corrected chi connectivity index (χ4v) is 3.75. The molecule has 104 valence electrons. The van der Waals surface area contributed by atoms with Crippen molar-refractivity contribution in [1.29, 1.82) is 0 Å². The van der Waals surface area contributed by atoms with Gasteiger partial charge in [0.05, 0.1) is 10.8 Å². The van der Waals surface area contributed by atoms with Gasteiger partial charge < -0.3 is 5.11 Å². The Kier molecular flexibility index (Phi) is 4.04. The Morgan fingerprint density at radius 3 is 2.63 bits per heavy atom. The van der Waals surface area contributed by atoms with Crippen LogP contribution in [0.15, 0.2) is 18.3 Å². The van der Waals surface area contributed by atoms with Crippen molar-refractivity contribution in [2.24, 2.45) is 0 Å². The molecule has 1 saturated carbocycles. The molecule has 0 radical (unpaired) electrons. The molecule has 1 aromatic heterocycles. The Hall–Kier alpha value is -1.63. The van der Waals surface area contributed by atoms with Crippen LogP contribution in [0.3, 0.4) is 0 Å². The molecule has 19 heavy (non-hydrogen) atoms. The number of carbonyl (C=O) groups is 1. The van der Waals surface area contributed by atoms with E-state index in [2.05, 4.69) is 9.71 Å². The van der Waals surface area contributed by atoms with Crippen LogP contribution in [0.2, 0.25) is 0 Å². The SMILES string of the molecule is O=C(O)c1ccnc(NS(=O)(=O)C2CCCCC2)c1. The third-order valence-corrected chi connectivity index (χ3v) is 5.09. The zero-order chi connectivity index (χ0) is 13.9. The Morgan fingerprint density at radius 1 is 1.32 bits per heavy atom. The van der Waals surface area contributed by atoms with Crippen LogP contribution in [0.4, 0.5) is 5.82 Å². The van der Waals surface area contributed by atoms with Gasteiger partial charge in [0.2, 0.25) is 10.0 Å². The number of carboxylic acids is 1. The molecule has 6 nitrogen and oxygen atoms in total. The van der Waals surface area contributed by atoms with Crippen molar-refractivity contribution in [3.8, 4) is 0 Å². The summed E-state index contributed by atoms with van der Waals surface area (Å²) >= 11 is 0. The van der Waals surface area contributed by atoms with Crippen LogP contribution in [-0.4, -0.2) is 29.7 Å². The van der Waals surface area contributed by atoms with Gasteiger partial charge in [0.1, 0.15) is 5.82 Å². The summed E-state index contributed by atoms with van der Waals surface area (Å²) in [6.45, 7) is 0. The van der Waals surface area contributed by atoms with E-state index >= 15 is 0 Å². The number of nitrogens with one attached hydrogen (secondary N) is 1. The lowest BCUT2D eigenvalue weighted by molar-refractivity contribution is 0.0697. The lowest BCUT2D eigenvalue weighted by Crippen LogP contribution is -2.30. The Morgan fingerprint density at radius 2 is 2.00 bits per heavy atom. The summed E-state index contributed by atoms with van der Waals surface area (Å²) < 4.78 is 26.7. The molecule has 0 aromatic carbocycles. The topological polar surface area (TPSA) is 96.4 Å². The molecule has 0 unspecified atom stereocenters. The number of rotatable bonds is 4. The minimum Gasteiger partial charge on any atom is -0.478 e. The van der Waals surface area contributed by atoms with Crippen molar-refractivity contribution in [2.45, 2.75) is 37.4 Å². The average molecular weight is 284 g/mol. The van der Waals surface area contributed by atoms with Crippen molar-refractivity contribution in [3.05, 3.63) is 23.9 Å². The second kappa shape index (κ2) is 5.56. The fraction of sp³-hybridized carbons (Fsp3) is 0.500. The maximum absolute atomic E-state index is 12.1. The van der Waals surface area contributed by atoms with Gasteiger partial charge in [0, 0.05) is 6.20 Å². The number of nitrogens with zero attached hydrogens (tertiary/aromatic N) is 1. The normalized spacial score (nSPS) is 17.1. The van der Waals surface area contributed by atoms with E-state index in [0.29, 0.717) is 12.8 Å². The van der Waals surface area contributed by atoms with Gasteiger partial charge in [-0.2, -0.15) is 0 Å². The highest BCUT2D eigenvalue weighted by Crippen LogP contribution is 2.24. The average Bonchev–Trinajstić information content (AvgIpc) is 2.39. The molecular weight excluding hydrogens is 268 g/mol. The zero-order valence-electron chi connectivity index (χ0n) is 10.4. The Labute approximate surface area is 111 Å². The number of hydrogen-bond acceptors (Lipinski definition) is 4. The number of anilines is 1. The first kappa shape index (κ1) is 13.8. The minimum absolute atomic E-state index is 0.0105. The molecular formula is C12H16N2O4S. The number of sulfonamides is 1. The van der Waals surface area contributed by atoms with Gasteiger partial charge in [-0.05, 0) is 25.0 Å². The summed E-state index contributed by atoms with van der Waals surface area (Å²) in [4.78, 5) is 14.7. The highest BCUT2D eigenvalue weighted by atomic mass is 32.2. The van der Waals surface area contributed by atoms with Crippen LogP contribution in [0.1, 0.15) is 42.5 Å². The van der Waals surface area contributed by atoms with Gasteiger partial charge in [-0.15, -0.1) is 0 Å². The monoisotopic (exact) mass is 284 g/mol. The lowest BCUT2D eigenvalue weighted by atomic mass is 10.0. The van der Waals surface area contributed by atoms with Gasteiger partial charge in [-0.3, -0.25) is 4.72 Å². The van der Waals surface area contributed by atoms with Crippen molar-refractivity contribution < 1.29 is 18.3 Å². The molecule has 2 N–H and O–H groups in total. The molecule has 0 saturated heterocycles. The zero-order valence-corrected chi connectivity index (χ0v) is 11.2. The first-order valence-corrected chi connectivity index (χ1v) is 7.74. The molecule has 1 aliphatic rings. The van der Waals surface area contributed by atoms with Crippen molar-refractivity contribution in [1.82, 2.24) is 4.98 Å². The van der Waals surface area contributed by atoms with E-state index in [1.165, 1.54) is 18.3 Å². The van der Waals surface area contributed by atoms with Crippen LogP contribution in [0, 0.1) is 0 Å². The van der Waals surface area contributed by atoms with Crippen LogP contribution >= 0.6 is 0 Å². The first-order valence-electron chi connectivity index (χ1n) is 6.20. The number of carboxylic acid groups (broad SMARTS) is 1. The van der Waals surface area contributed by atoms with E-state index < -0.39 is 21.2 Å². The quantitative estimate of drug-likeness (QED) is 0.879.